The molecule has 0 atom stereocenters. The van der Waals surface area contributed by atoms with E-state index < -0.39 is 17.7 Å². The number of halogens is 3. The zero-order chi connectivity index (χ0) is 18.7. The number of alkyl halides is 3. The fourth-order valence-corrected chi connectivity index (χ4v) is 4.13. The molecule has 134 valence electrons. The Kier molecular flexibility index (Phi) is 5.33. The highest BCUT2D eigenvalue weighted by molar-refractivity contribution is 8.09. The molecule has 0 saturated heterocycles. The second-order valence-electron chi connectivity index (χ2n) is 5.24. The number of nitrogens with zero attached hydrogens (tertiary/aromatic N) is 1. The van der Waals surface area contributed by atoms with Gasteiger partial charge in [0.2, 0.25) is 0 Å². The van der Waals surface area contributed by atoms with E-state index in [0.29, 0.717) is 15.4 Å². The van der Waals surface area contributed by atoms with Crippen LogP contribution in [0.4, 0.5) is 13.2 Å². The molecule has 1 heterocycles. The first-order valence-corrected chi connectivity index (χ1v) is 9.21. The molecule has 3 aromatic rings. The van der Waals surface area contributed by atoms with Crippen LogP contribution >= 0.6 is 23.1 Å². The van der Waals surface area contributed by atoms with E-state index in [2.05, 4.69) is 4.98 Å². The Morgan fingerprint density at radius 1 is 1.15 bits per heavy atom. The molecule has 26 heavy (non-hydrogen) atoms. The lowest BCUT2D eigenvalue weighted by atomic mass is 10.1. The highest BCUT2D eigenvalue weighted by Crippen LogP contribution is 2.38. The van der Waals surface area contributed by atoms with Crippen molar-refractivity contribution in [3.05, 3.63) is 64.7 Å². The molecular weight excluding hydrogens is 383 g/mol. The number of hydrogen-bond acceptors (Lipinski definition) is 5. The number of hydrogen-bond donors (Lipinski definition) is 0. The predicted molar refractivity (Wildman–Crippen MR) is 96.4 cm³/mol. The normalized spacial score (nSPS) is 12.5. The van der Waals surface area contributed by atoms with Gasteiger partial charge < -0.3 is 9.90 Å². The SMILES string of the molecule is O=C([O-])CS/C(=C\c1ccccc1C(F)(F)F)c1nc2ccccc2s1. The van der Waals surface area contributed by atoms with Crippen molar-refractivity contribution in [1.29, 1.82) is 0 Å². The first-order valence-electron chi connectivity index (χ1n) is 7.41. The van der Waals surface area contributed by atoms with E-state index in [4.69, 9.17) is 0 Å². The van der Waals surface area contributed by atoms with Crippen LogP contribution in [0.25, 0.3) is 21.2 Å². The Morgan fingerprint density at radius 2 is 1.85 bits per heavy atom. The molecule has 0 unspecified atom stereocenters. The fraction of sp³-hybridized carbons (Fsp3) is 0.111. The summed E-state index contributed by atoms with van der Waals surface area (Å²) < 4.78 is 40.6. The van der Waals surface area contributed by atoms with Crippen LogP contribution in [-0.2, 0) is 11.0 Å². The molecule has 0 spiro atoms. The highest BCUT2D eigenvalue weighted by atomic mass is 32.2. The Balaban J connectivity index is 2.09. The summed E-state index contributed by atoms with van der Waals surface area (Å²) >= 11 is 2.19. The van der Waals surface area contributed by atoms with Gasteiger partial charge in [-0.3, -0.25) is 0 Å². The van der Waals surface area contributed by atoms with Gasteiger partial charge in [0.1, 0.15) is 5.01 Å². The van der Waals surface area contributed by atoms with Crippen LogP contribution in [-0.4, -0.2) is 16.7 Å². The van der Waals surface area contributed by atoms with Gasteiger partial charge in [-0.1, -0.05) is 30.3 Å². The molecular formula is C18H11F3NO2S2-. The Labute approximate surface area is 155 Å². The van der Waals surface area contributed by atoms with Crippen LogP contribution in [0, 0.1) is 0 Å². The van der Waals surface area contributed by atoms with Crippen molar-refractivity contribution in [1.82, 2.24) is 4.98 Å². The summed E-state index contributed by atoms with van der Waals surface area (Å²) in [5.74, 6) is -1.68. The van der Waals surface area contributed by atoms with E-state index in [9.17, 15) is 23.1 Å². The molecule has 0 fully saturated rings. The van der Waals surface area contributed by atoms with Crippen LogP contribution in [0.1, 0.15) is 16.1 Å². The second kappa shape index (κ2) is 7.51. The van der Waals surface area contributed by atoms with Crippen molar-refractivity contribution in [2.45, 2.75) is 6.18 Å². The zero-order valence-electron chi connectivity index (χ0n) is 13.1. The minimum atomic E-state index is -4.51. The highest BCUT2D eigenvalue weighted by Gasteiger charge is 2.32. The second-order valence-corrected chi connectivity index (χ2v) is 7.29. The van der Waals surface area contributed by atoms with Crippen molar-refractivity contribution in [2.24, 2.45) is 0 Å². The van der Waals surface area contributed by atoms with Crippen molar-refractivity contribution in [2.75, 3.05) is 5.75 Å². The summed E-state index contributed by atoms with van der Waals surface area (Å²) in [5, 5.41) is 11.3. The molecule has 0 saturated carbocycles. The van der Waals surface area contributed by atoms with Crippen LogP contribution in [0.5, 0.6) is 0 Å². The van der Waals surface area contributed by atoms with E-state index in [1.807, 2.05) is 18.2 Å². The third kappa shape index (κ3) is 4.25. The van der Waals surface area contributed by atoms with Crippen molar-refractivity contribution in [3.63, 3.8) is 0 Å². The van der Waals surface area contributed by atoms with Gasteiger partial charge in [0, 0.05) is 10.7 Å². The fourth-order valence-electron chi connectivity index (χ4n) is 2.30. The van der Waals surface area contributed by atoms with Crippen molar-refractivity contribution >= 4 is 50.3 Å². The third-order valence-corrected chi connectivity index (χ3v) is 5.60. The molecule has 0 amide bonds. The number of fused-ring (bicyclic) bond motifs is 1. The molecule has 2 aromatic carbocycles. The summed E-state index contributed by atoms with van der Waals surface area (Å²) in [6, 6.07) is 12.4. The number of carboxylic acids is 1. The lowest BCUT2D eigenvalue weighted by Crippen LogP contribution is -2.24. The number of rotatable bonds is 5. The van der Waals surface area contributed by atoms with E-state index in [-0.39, 0.29) is 11.3 Å². The Morgan fingerprint density at radius 3 is 2.54 bits per heavy atom. The predicted octanol–water partition coefficient (Wildman–Crippen LogP) is 4.30. The van der Waals surface area contributed by atoms with Gasteiger partial charge >= 0.3 is 6.18 Å². The number of aliphatic carboxylic acids is 1. The molecule has 3 nitrogen and oxygen atoms in total. The average Bonchev–Trinajstić information content (AvgIpc) is 3.01. The van der Waals surface area contributed by atoms with Crippen LogP contribution in [0.3, 0.4) is 0 Å². The lowest BCUT2D eigenvalue weighted by molar-refractivity contribution is -0.301. The molecule has 0 aliphatic heterocycles. The van der Waals surface area contributed by atoms with Gasteiger partial charge in [-0.25, -0.2) is 4.98 Å². The summed E-state index contributed by atoms with van der Waals surface area (Å²) in [7, 11) is 0. The van der Waals surface area contributed by atoms with E-state index in [0.717, 1.165) is 22.5 Å². The average molecular weight is 394 g/mol. The summed E-state index contributed by atoms with van der Waals surface area (Å²) in [5.41, 5.74) is -0.121. The van der Waals surface area contributed by atoms with Crippen LogP contribution in [0.2, 0.25) is 0 Å². The molecule has 0 aliphatic rings. The van der Waals surface area contributed by atoms with E-state index in [1.54, 1.807) is 6.07 Å². The van der Waals surface area contributed by atoms with E-state index >= 15 is 0 Å². The largest absolute Gasteiger partial charge is 0.549 e. The lowest BCUT2D eigenvalue weighted by Gasteiger charge is -2.11. The van der Waals surface area contributed by atoms with Gasteiger partial charge in [-0.2, -0.15) is 13.2 Å². The van der Waals surface area contributed by atoms with Gasteiger partial charge in [0.05, 0.1) is 21.7 Å². The van der Waals surface area contributed by atoms with E-state index in [1.165, 1.54) is 35.6 Å². The van der Waals surface area contributed by atoms with Gasteiger partial charge in [0.25, 0.3) is 0 Å². The summed E-state index contributed by atoms with van der Waals surface area (Å²) in [6.45, 7) is 0. The maximum absolute atomic E-state index is 13.2. The van der Waals surface area contributed by atoms with Gasteiger partial charge in [-0.15, -0.1) is 23.1 Å². The number of thioether (sulfide) groups is 1. The molecule has 0 radical (unpaired) electrons. The van der Waals surface area contributed by atoms with Crippen LogP contribution in [0.15, 0.2) is 48.5 Å². The minimum Gasteiger partial charge on any atom is -0.549 e. The Hall–Kier alpha value is -2.32. The summed E-state index contributed by atoms with van der Waals surface area (Å²) in [6.07, 6.45) is -3.18. The molecule has 1 aromatic heterocycles. The number of para-hydroxylation sites is 1. The van der Waals surface area contributed by atoms with Crippen molar-refractivity contribution in [3.8, 4) is 0 Å². The standard InChI is InChI=1S/C18H12F3NO2S2/c19-18(20,21)12-6-2-1-5-11(12)9-15(25-10-16(23)24)17-22-13-7-3-4-8-14(13)26-17/h1-9H,10H2,(H,23,24)/p-1/b15-9-. The molecule has 0 bridgehead atoms. The number of benzene rings is 2. The number of carbonyl (C=O) groups is 1. The number of carboxylic acid groups (broad SMARTS) is 1. The van der Waals surface area contributed by atoms with Gasteiger partial charge in [0.15, 0.2) is 0 Å². The molecule has 0 N–H and O–H groups in total. The maximum atomic E-state index is 13.2. The first-order chi connectivity index (χ1) is 12.3. The molecule has 0 aliphatic carbocycles. The smallest absolute Gasteiger partial charge is 0.416 e. The number of aromatic nitrogens is 1. The maximum Gasteiger partial charge on any atom is 0.416 e. The molecule has 3 rings (SSSR count). The van der Waals surface area contributed by atoms with Crippen LogP contribution < -0.4 is 5.11 Å². The van der Waals surface area contributed by atoms with Gasteiger partial charge in [-0.05, 0) is 29.8 Å². The zero-order valence-corrected chi connectivity index (χ0v) is 14.8. The number of carbonyl (C=O) groups excluding carboxylic acids is 1. The monoisotopic (exact) mass is 394 g/mol. The quantitative estimate of drug-likeness (QED) is 0.648. The van der Waals surface area contributed by atoms with Crippen molar-refractivity contribution < 1.29 is 23.1 Å². The third-order valence-electron chi connectivity index (χ3n) is 3.40. The molecule has 8 heteroatoms. The Bertz CT molecular complexity index is 947. The first kappa shape index (κ1) is 18.5. The minimum absolute atomic E-state index is 0.0416. The summed E-state index contributed by atoms with van der Waals surface area (Å²) in [4.78, 5) is 15.6. The topological polar surface area (TPSA) is 53.0 Å². The number of thiazole rings is 1.